The van der Waals surface area contributed by atoms with Crippen molar-refractivity contribution in [2.45, 2.75) is 0 Å². The van der Waals surface area contributed by atoms with E-state index in [0.29, 0.717) is 21.5 Å². The molecule has 0 saturated carbocycles. The number of fused-ring (bicyclic) bond motifs is 1. The first-order valence-corrected chi connectivity index (χ1v) is 11.0. The summed E-state index contributed by atoms with van der Waals surface area (Å²) in [5.74, 6) is 0.365. The Labute approximate surface area is 195 Å². The van der Waals surface area contributed by atoms with Gasteiger partial charge in [-0.05, 0) is 54.6 Å². The van der Waals surface area contributed by atoms with E-state index in [0.717, 1.165) is 43.0 Å². The average molecular weight is 457 g/mol. The quantitative estimate of drug-likeness (QED) is 0.455. The summed E-state index contributed by atoms with van der Waals surface area (Å²) in [6.45, 7) is 3.24. The minimum atomic E-state index is -0.813. The van der Waals surface area contributed by atoms with Crippen molar-refractivity contribution in [2.75, 3.05) is 38.5 Å². The zero-order chi connectivity index (χ0) is 23.7. The second-order valence-corrected chi connectivity index (χ2v) is 8.31. The SMILES string of the molecule is CN1CCN(C(=O)c2cccc(-c3ccc(Nc4nc(=O)n(O)c5ncccc45)cc3)c2)CC1. The molecule has 34 heavy (non-hydrogen) atoms. The van der Waals surface area contributed by atoms with Crippen LogP contribution in [0.3, 0.4) is 0 Å². The molecule has 0 spiro atoms. The van der Waals surface area contributed by atoms with Crippen LogP contribution in [0.2, 0.25) is 0 Å². The van der Waals surface area contributed by atoms with Gasteiger partial charge in [-0.3, -0.25) is 4.79 Å². The zero-order valence-corrected chi connectivity index (χ0v) is 18.7. The van der Waals surface area contributed by atoms with Crippen molar-refractivity contribution in [1.29, 1.82) is 0 Å². The smallest absolute Gasteiger partial charge is 0.384 e. The average Bonchev–Trinajstić information content (AvgIpc) is 2.88. The Hall–Kier alpha value is -4.24. The predicted molar refractivity (Wildman–Crippen MR) is 130 cm³/mol. The topological polar surface area (TPSA) is 104 Å². The Morgan fingerprint density at radius 1 is 0.971 bits per heavy atom. The third kappa shape index (κ3) is 4.20. The molecule has 2 aromatic carbocycles. The molecular formula is C25H24N6O3. The number of piperazine rings is 1. The summed E-state index contributed by atoms with van der Waals surface area (Å²) in [5, 5.41) is 13.5. The Kier molecular flexibility index (Phi) is 5.69. The van der Waals surface area contributed by atoms with Gasteiger partial charge in [0.25, 0.3) is 5.91 Å². The molecule has 172 valence electrons. The molecule has 1 fully saturated rings. The number of amides is 1. The third-order valence-electron chi connectivity index (χ3n) is 6.01. The molecular weight excluding hydrogens is 432 g/mol. The summed E-state index contributed by atoms with van der Waals surface area (Å²) in [6.07, 6.45) is 1.50. The van der Waals surface area contributed by atoms with Gasteiger partial charge in [0, 0.05) is 43.6 Å². The molecule has 0 aliphatic carbocycles. The first-order valence-electron chi connectivity index (χ1n) is 11.0. The molecule has 0 atom stereocenters. The largest absolute Gasteiger partial charge is 0.422 e. The van der Waals surface area contributed by atoms with E-state index in [9.17, 15) is 14.8 Å². The van der Waals surface area contributed by atoms with Gasteiger partial charge in [0.1, 0.15) is 5.82 Å². The molecule has 0 unspecified atom stereocenters. The van der Waals surface area contributed by atoms with Gasteiger partial charge in [0.2, 0.25) is 0 Å². The maximum absolute atomic E-state index is 12.9. The third-order valence-corrected chi connectivity index (χ3v) is 6.01. The van der Waals surface area contributed by atoms with Crippen LogP contribution in [0.4, 0.5) is 11.5 Å². The van der Waals surface area contributed by atoms with Gasteiger partial charge in [-0.1, -0.05) is 24.3 Å². The van der Waals surface area contributed by atoms with Crippen LogP contribution in [-0.4, -0.2) is 68.8 Å². The Bertz CT molecular complexity index is 1410. The first kappa shape index (κ1) is 21.6. The number of carbonyl (C=O) groups excluding carboxylic acids is 1. The van der Waals surface area contributed by atoms with Crippen LogP contribution in [0.15, 0.2) is 71.7 Å². The number of benzene rings is 2. The maximum Gasteiger partial charge on any atom is 0.384 e. The van der Waals surface area contributed by atoms with Crippen molar-refractivity contribution in [3.63, 3.8) is 0 Å². The van der Waals surface area contributed by atoms with Crippen molar-refractivity contribution >= 4 is 28.4 Å². The Morgan fingerprint density at radius 2 is 1.74 bits per heavy atom. The van der Waals surface area contributed by atoms with Gasteiger partial charge < -0.3 is 20.3 Å². The molecule has 9 heteroatoms. The van der Waals surface area contributed by atoms with E-state index < -0.39 is 5.69 Å². The molecule has 3 heterocycles. The normalized spacial score (nSPS) is 14.3. The van der Waals surface area contributed by atoms with E-state index in [1.165, 1.54) is 6.20 Å². The van der Waals surface area contributed by atoms with Crippen molar-refractivity contribution in [3.05, 3.63) is 82.9 Å². The predicted octanol–water partition coefficient (Wildman–Crippen LogP) is 2.83. The summed E-state index contributed by atoms with van der Waals surface area (Å²) in [4.78, 5) is 37.0. The van der Waals surface area contributed by atoms with Crippen molar-refractivity contribution in [3.8, 4) is 11.1 Å². The number of hydrogen-bond acceptors (Lipinski definition) is 7. The molecule has 1 amide bonds. The fourth-order valence-electron chi connectivity index (χ4n) is 4.05. The lowest BCUT2D eigenvalue weighted by Crippen LogP contribution is -2.47. The molecule has 1 aliphatic heterocycles. The molecule has 0 radical (unpaired) electrons. The maximum atomic E-state index is 12.9. The highest BCUT2D eigenvalue weighted by atomic mass is 16.5. The molecule has 2 aromatic heterocycles. The fourth-order valence-corrected chi connectivity index (χ4v) is 4.05. The lowest BCUT2D eigenvalue weighted by molar-refractivity contribution is 0.0664. The van der Waals surface area contributed by atoms with Crippen molar-refractivity contribution in [2.24, 2.45) is 0 Å². The van der Waals surface area contributed by atoms with Crippen molar-refractivity contribution < 1.29 is 10.0 Å². The van der Waals surface area contributed by atoms with Gasteiger partial charge in [-0.25, -0.2) is 9.78 Å². The number of aromatic nitrogens is 3. The van der Waals surface area contributed by atoms with Crippen LogP contribution in [0.5, 0.6) is 0 Å². The van der Waals surface area contributed by atoms with Gasteiger partial charge >= 0.3 is 5.69 Å². The van der Waals surface area contributed by atoms with E-state index >= 15 is 0 Å². The zero-order valence-electron chi connectivity index (χ0n) is 18.7. The summed E-state index contributed by atoms with van der Waals surface area (Å²) in [5.41, 5.74) is 2.62. The van der Waals surface area contributed by atoms with Gasteiger partial charge in [0.15, 0.2) is 5.65 Å². The fraction of sp³-hybridized carbons (Fsp3) is 0.200. The monoisotopic (exact) mass is 456 g/mol. The minimum absolute atomic E-state index is 0.0541. The van der Waals surface area contributed by atoms with Crippen LogP contribution in [0, 0.1) is 0 Å². The lowest BCUT2D eigenvalue weighted by Gasteiger charge is -2.32. The van der Waals surface area contributed by atoms with E-state index in [2.05, 4.69) is 27.2 Å². The molecule has 1 saturated heterocycles. The standard InChI is InChI=1S/C25H24N6O3/c1-29-12-14-30(15-13-29)24(32)19-5-2-4-18(16-19)17-7-9-20(10-8-17)27-22-21-6-3-11-26-23(21)31(34)25(33)28-22/h2-11,16,34H,12-15H2,1H3,(H,27,28,33). The van der Waals surface area contributed by atoms with Crippen LogP contribution in [0.25, 0.3) is 22.2 Å². The van der Waals surface area contributed by atoms with Crippen LogP contribution < -0.4 is 11.0 Å². The van der Waals surface area contributed by atoms with Crippen LogP contribution >= 0.6 is 0 Å². The highest BCUT2D eigenvalue weighted by Gasteiger charge is 2.20. The van der Waals surface area contributed by atoms with Crippen molar-refractivity contribution in [1.82, 2.24) is 24.5 Å². The number of rotatable bonds is 4. The molecule has 4 aromatic rings. The number of likely N-dealkylation sites (N-methyl/N-ethyl adjacent to an activating group) is 1. The van der Waals surface area contributed by atoms with E-state index in [4.69, 9.17) is 0 Å². The molecule has 1 aliphatic rings. The van der Waals surface area contributed by atoms with Gasteiger partial charge in [-0.2, -0.15) is 4.98 Å². The Balaban J connectivity index is 1.37. The van der Waals surface area contributed by atoms with Gasteiger partial charge in [-0.15, -0.1) is 4.73 Å². The number of nitrogens with one attached hydrogen (secondary N) is 1. The summed E-state index contributed by atoms with van der Waals surface area (Å²) < 4.78 is 0.431. The van der Waals surface area contributed by atoms with E-state index in [1.807, 2.05) is 53.4 Å². The highest BCUT2D eigenvalue weighted by molar-refractivity contribution is 5.95. The van der Waals surface area contributed by atoms with Crippen LogP contribution in [-0.2, 0) is 0 Å². The van der Waals surface area contributed by atoms with Crippen LogP contribution in [0.1, 0.15) is 10.4 Å². The summed E-state index contributed by atoms with van der Waals surface area (Å²) >= 11 is 0. The molecule has 2 N–H and O–H groups in total. The number of anilines is 2. The number of carbonyl (C=O) groups is 1. The second-order valence-electron chi connectivity index (χ2n) is 8.31. The molecule has 5 rings (SSSR count). The summed E-state index contributed by atoms with van der Waals surface area (Å²) in [7, 11) is 2.07. The first-order chi connectivity index (χ1) is 16.5. The van der Waals surface area contributed by atoms with E-state index in [1.54, 1.807) is 12.1 Å². The molecule has 9 nitrogen and oxygen atoms in total. The lowest BCUT2D eigenvalue weighted by atomic mass is 10.0. The Morgan fingerprint density at radius 3 is 2.50 bits per heavy atom. The number of pyridine rings is 1. The van der Waals surface area contributed by atoms with Gasteiger partial charge in [0.05, 0.1) is 5.39 Å². The second kappa shape index (κ2) is 8.95. The number of hydrogen-bond donors (Lipinski definition) is 2. The van der Waals surface area contributed by atoms with E-state index in [-0.39, 0.29) is 11.6 Å². The number of nitrogens with zero attached hydrogens (tertiary/aromatic N) is 5. The highest BCUT2D eigenvalue weighted by Crippen LogP contribution is 2.26. The summed E-state index contributed by atoms with van der Waals surface area (Å²) in [6, 6.07) is 18.7. The molecule has 0 bridgehead atoms. The minimum Gasteiger partial charge on any atom is -0.422 e.